The standard InChI is InChI=1S/C12H15N3O/c1-2-11-14-15-12(16-11)10(13)8-9-6-4-3-5-7-9/h3-7,10H,2,8,13H2,1H3/t10-/m0/s1. The van der Waals surface area contributed by atoms with Gasteiger partial charge in [-0.2, -0.15) is 0 Å². The molecule has 0 bridgehead atoms. The van der Waals surface area contributed by atoms with Crippen LogP contribution in [0.1, 0.15) is 30.3 Å². The van der Waals surface area contributed by atoms with Gasteiger partial charge in [-0.1, -0.05) is 37.3 Å². The van der Waals surface area contributed by atoms with Gasteiger partial charge < -0.3 is 10.2 Å². The van der Waals surface area contributed by atoms with Crippen molar-refractivity contribution in [2.45, 2.75) is 25.8 Å². The lowest BCUT2D eigenvalue weighted by molar-refractivity contribution is 0.419. The van der Waals surface area contributed by atoms with Crippen molar-refractivity contribution in [1.29, 1.82) is 0 Å². The number of hydrogen-bond acceptors (Lipinski definition) is 4. The highest BCUT2D eigenvalue weighted by Crippen LogP contribution is 2.14. The molecule has 0 saturated carbocycles. The van der Waals surface area contributed by atoms with Gasteiger partial charge in [0.05, 0.1) is 6.04 Å². The summed E-state index contributed by atoms with van der Waals surface area (Å²) >= 11 is 0. The molecule has 2 rings (SSSR count). The average Bonchev–Trinajstić information content (AvgIpc) is 2.79. The molecule has 0 spiro atoms. The van der Waals surface area contributed by atoms with Gasteiger partial charge in [-0.3, -0.25) is 0 Å². The normalized spacial score (nSPS) is 12.6. The van der Waals surface area contributed by atoms with Crippen LogP contribution in [-0.4, -0.2) is 10.2 Å². The van der Waals surface area contributed by atoms with E-state index in [0.29, 0.717) is 18.2 Å². The van der Waals surface area contributed by atoms with Gasteiger partial charge in [0.15, 0.2) is 0 Å². The van der Waals surface area contributed by atoms with E-state index in [2.05, 4.69) is 10.2 Å². The Balaban J connectivity index is 2.05. The summed E-state index contributed by atoms with van der Waals surface area (Å²) < 4.78 is 5.42. The van der Waals surface area contributed by atoms with E-state index in [0.717, 1.165) is 6.42 Å². The molecule has 0 saturated heterocycles. The van der Waals surface area contributed by atoms with Crippen molar-refractivity contribution in [1.82, 2.24) is 10.2 Å². The summed E-state index contributed by atoms with van der Waals surface area (Å²) in [5, 5.41) is 7.84. The van der Waals surface area contributed by atoms with Gasteiger partial charge >= 0.3 is 0 Å². The summed E-state index contributed by atoms with van der Waals surface area (Å²) in [6.07, 6.45) is 1.46. The van der Waals surface area contributed by atoms with Gasteiger partial charge in [-0.05, 0) is 12.0 Å². The highest BCUT2D eigenvalue weighted by molar-refractivity contribution is 5.16. The number of benzene rings is 1. The van der Waals surface area contributed by atoms with Crippen molar-refractivity contribution >= 4 is 0 Å². The molecule has 0 aliphatic rings. The maximum Gasteiger partial charge on any atom is 0.233 e. The molecule has 1 aromatic carbocycles. The monoisotopic (exact) mass is 217 g/mol. The summed E-state index contributed by atoms with van der Waals surface area (Å²) in [5.41, 5.74) is 7.17. The van der Waals surface area contributed by atoms with Crippen LogP contribution in [-0.2, 0) is 12.8 Å². The summed E-state index contributed by atoms with van der Waals surface area (Å²) in [4.78, 5) is 0. The van der Waals surface area contributed by atoms with Crippen LogP contribution in [0.5, 0.6) is 0 Å². The van der Waals surface area contributed by atoms with Gasteiger partial charge in [0.25, 0.3) is 0 Å². The lowest BCUT2D eigenvalue weighted by Gasteiger charge is -2.06. The number of hydrogen-bond donors (Lipinski definition) is 1. The minimum absolute atomic E-state index is 0.227. The first-order chi connectivity index (χ1) is 7.79. The summed E-state index contributed by atoms with van der Waals surface area (Å²) in [6, 6.07) is 9.82. The van der Waals surface area contributed by atoms with Crippen molar-refractivity contribution in [3.63, 3.8) is 0 Å². The van der Waals surface area contributed by atoms with E-state index in [4.69, 9.17) is 10.2 Å². The Morgan fingerprint density at radius 3 is 2.62 bits per heavy atom. The lowest BCUT2D eigenvalue weighted by atomic mass is 10.1. The Labute approximate surface area is 94.5 Å². The number of rotatable bonds is 4. The molecule has 2 aromatic rings. The molecule has 1 heterocycles. The van der Waals surface area contributed by atoms with Crippen molar-refractivity contribution < 1.29 is 4.42 Å². The largest absolute Gasteiger partial charge is 0.424 e. The lowest BCUT2D eigenvalue weighted by Crippen LogP contribution is -2.13. The van der Waals surface area contributed by atoms with E-state index in [9.17, 15) is 0 Å². The molecule has 0 aliphatic heterocycles. The van der Waals surface area contributed by atoms with Crippen LogP contribution in [0.25, 0.3) is 0 Å². The highest BCUT2D eigenvalue weighted by Gasteiger charge is 2.14. The van der Waals surface area contributed by atoms with E-state index in [1.54, 1.807) is 0 Å². The second-order valence-electron chi connectivity index (χ2n) is 3.68. The molecule has 0 aliphatic carbocycles. The van der Waals surface area contributed by atoms with Crippen LogP contribution in [0.2, 0.25) is 0 Å². The smallest absolute Gasteiger partial charge is 0.233 e. The predicted molar refractivity (Wildman–Crippen MR) is 60.8 cm³/mol. The molecular formula is C12H15N3O. The van der Waals surface area contributed by atoms with E-state index in [1.807, 2.05) is 37.3 Å². The third-order valence-corrected chi connectivity index (χ3v) is 2.40. The third-order valence-electron chi connectivity index (χ3n) is 2.40. The SMILES string of the molecule is CCc1nnc([C@@H](N)Cc2ccccc2)o1. The maximum atomic E-state index is 6.00. The molecule has 2 N–H and O–H groups in total. The zero-order valence-corrected chi connectivity index (χ0v) is 9.26. The molecule has 1 aromatic heterocycles. The first-order valence-electron chi connectivity index (χ1n) is 5.41. The number of aryl methyl sites for hydroxylation is 1. The Bertz CT molecular complexity index is 439. The second kappa shape index (κ2) is 4.90. The van der Waals surface area contributed by atoms with Crippen LogP contribution in [0.4, 0.5) is 0 Å². The summed E-state index contributed by atoms with van der Waals surface area (Å²) in [7, 11) is 0. The van der Waals surface area contributed by atoms with Gasteiger partial charge in [-0.15, -0.1) is 10.2 Å². The van der Waals surface area contributed by atoms with Crippen molar-refractivity contribution in [3.8, 4) is 0 Å². The van der Waals surface area contributed by atoms with E-state index in [1.165, 1.54) is 5.56 Å². The zero-order valence-electron chi connectivity index (χ0n) is 9.26. The molecule has 1 atom stereocenters. The molecule has 16 heavy (non-hydrogen) atoms. The van der Waals surface area contributed by atoms with Crippen LogP contribution in [0.3, 0.4) is 0 Å². The number of aromatic nitrogens is 2. The first-order valence-corrected chi connectivity index (χ1v) is 5.41. The fraction of sp³-hybridized carbons (Fsp3) is 0.333. The Kier molecular flexibility index (Phi) is 3.31. The van der Waals surface area contributed by atoms with Crippen molar-refractivity contribution in [3.05, 3.63) is 47.7 Å². The molecule has 4 heteroatoms. The van der Waals surface area contributed by atoms with Crippen LogP contribution in [0, 0.1) is 0 Å². The molecule has 84 valence electrons. The minimum atomic E-state index is -0.227. The Morgan fingerprint density at radius 2 is 2.00 bits per heavy atom. The first kappa shape index (κ1) is 10.8. The van der Waals surface area contributed by atoms with Crippen LogP contribution >= 0.6 is 0 Å². The number of nitrogens with two attached hydrogens (primary N) is 1. The molecule has 0 unspecified atom stereocenters. The van der Waals surface area contributed by atoms with E-state index < -0.39 is 0 Å². The van der Waals surface area contributed by atoms with Gasteiger partial charge in [0.2, 0.25) is 11.8 Å². The second-order valence-corrected chi connectivity index (χ2v) is 3.68. The van der Waals surface area contributed by atoms with Crippen molar-refractivity contribution in [2.24, 2.45) is 5.73 Å². The zero-order chi connectivity index (χ0) is 11.4. The van der Waals surface area contributed by atoms with Gasteiger partial charge in [0, 0.05) is 6.42 Å². The van der Waals surface area contributed by atoms with Crippen molar-refractivity contribution in [2.75, 3.05) is 0 Å². The Hall–Kier alpha value is -1.68. The highest BCUT2D eigenvalue weighted by atomic mass is 16.4. The van der Waals surface area contributed by atoms with E-state index in [-0.39, 0.29) is 6.04 Å². The van der Waals surface area contributed by atoms with Crippen LogP contribution in [0.15, 0.2) is 34.7 Å². The van der Waals surface area contributed by atoms with E-state index >= 15 is 0 Å². The fourth-order valence-electron chi connectivity index (χ4n) is 1.51. The topological polar surface area (TPSA) is 64.9 Å². The quantitative estimate of drug-likeness (QED) is 0.849. The maximum absolute atomic E-state index is 6.00. The molecule has 0 radical (unpaired) electrons. The molecule has 4 nitrogen and oxygen atoms in total. The molecule has 0 fully saturated rings. The average molecular weight is 217 g/mol. The number of nitrogens with zero attached hydrogens (tertiary/aromatic N) is 2. The third kappa shape index (κ3) is 2.46. The predicted octanol–water partition coefficient (Wildman–Crippen LogP) is 1.87. The van der Waals surface area contributed by atoms with Gasteiger partial charge in [0.1, 0.15) is 0 Å². The van der Waals surface area contributed by atoms with Gasteiger partial charge in [-0.25, -0.2) is 0 Å². The summed E-state index contributed by atoms with van der Waals surface area (Å²) in [6.45, 7) is 1.97. The fourth-order valence-corrected chi connectivity index (χ4v) is 1.51. The minimum Gasteiger partial charge on any atom is -0.424 e. The molecule has 0 amide bonds. The molecular weight excluding hydrogens is 202 g/mol. The summed E-state index contributed by atoms with van der Waals surface area (Å²) in [5.74, 6) is 1.15. The Morgan fingerprint density at radius 1 is 1.25 bits per heavy atom. The van der Waals surface area contributed by atoms with Crippen LogP contribution < -0.4 is 5.73 Å².